The summed E-state index contributed by atoms with van der Waals surface area (Å²) in [5.41, 5.74) is 4.84. The Hall–Kier alpha value is -1.96. The van der Waals surface area contributed by atoms with Crippen LogP contribution in [0.5, 0.6) is 5.75 Å². The number of benzene rings is 2. The molecule has 0 radical (unpaired) electrons. The van der Waals surface area contributed by atoms with E-state index >= 15 is 0 Å². The molecule has 1 atom stereocenters. The monoisotopic (exact) mass is 253 g/mol. The molecule has 0 saturated heterocycles. The second-order valence-electron chi connectivity index (χ2n) is 5.36. The van der Waals surface area contributed by atoms with Crippen molar-refractivity contribution in [1.82, 2.24) is 0 Å². The van der Waals surface area contributed by atoms with Crippen LogP contribution < -0.4 is 5.32 Å². The molecule has 0 fully saturated rings. The Balaban J connectivity index is 1.75. The highest BCUT2D eigenvalue weighted by atomic mass is 16.3. The summed E-state index contributed by atoms with van der Waals surface area (Å²) in [6.07, 6.45) is 3.05. The molecule has 0 saturated carbocycles. The number of rotatable bonds is 2. The number of nitrogens with one attached hydrogen (secondary N) is 1. The number of hydrogen-bond donors (Lipinski definition) is 2. The maximum Gasteiger partial charge on any atom is 0.119 e. The van der Waals surface area contributed by atoms with Crippen molar-refractivity contribution in [3.05, 3.63) is 59.2 Å². The van der Waals surface area contributed by atoms with Crippen molar-refractivity contribution in [2.45, 2.75) is 32.2 Å². The third kappa shape index (κ3) is 2.58. The first-order valence-corrected chi connectivity index (χ1v) is 6.85. The zero-order valence-electron chi connectivity index (χ0n) is 11.2. The maximum absolute atomic E-state index is 9.95. The van der Waals surface area contributed by atoms with Gasteiger partial charge in [-0.3, -0.25) is 0 Å². The lowest BCUT2D eigenvalue weighted by atomic mass is 9.87. The third-order valence-corrected chi connectivity index (χ3v) is 3.88. The number of anilines is 1. The standard InChI is InChI=1S/C17H19NO/c1-12-5-8-14(9-6-12)18-15-10-7-13-3-2-4-17(19)16(13)11-15/h2-6,8-9,15,18-19H,7,10-11H2,1H3. The van der Waals surface area contributed by atoms with Crippen molar-refractivity contribution in [3.8, 4) is 5.75 Å². The SMILES string of the molecule is Cc1ccc(NC2CCc3cccc(O)c3C2)cc1. The van der Waals surface area contributed by atoms with Crippen molar-refractivity contribution in [2.24, 2.45) is 0 Å². The molecular weight excluding hydrogens is 234 g/mol. The molecule has 0 aliphatic heterocycles. The number of phenols is 1. The molecule has 2 aromatic carbocycles. The van der Waals surface area contributed by atoms with Gasteiger partial charge in [0.1, 0.15) is 5.75 Å². The van der Waals surface area contributed by atoms with Gasteiger partial charge in [-0.15, -0.1) is 0 Å². The van der Waals surface area contributed by atoms with E-state index in [2.05, 4.69) is 42.6 Å². The normalized spacial score (nSPS) is 17.8. The molecule has 2 heteroatoms. The van der Waals surface area contributed by atoms with Crippen molar-refractivity contribution in [3.63, 3.8) is 0 Å². The van der Waals surface area contributed by atoms with Crippen LogP contribution in [-0.2, 0) is 12.8 Å². The van der Waals surface area contributed by atoms with Gasteiger partial charge in [0.05, 0.1) is 0 Å². The molecule has 0 amide bonds. The molecule has 0 heterocycles. The van der Waals surface area contributed by atoms with Crippen molar-refractivity contribution < 1.29 is 5.11 Å². The summed E-state index contributed by atoms with van der Waals surface area (Å²) >= 11 is 0. The van der Waals surface area contributed by atoms with Gasteiger partial charge in [0.2, 0.25) is 0 Å². The fourth-order valence-electron chi connectivity index (χ4n) is 2.78. The van der Waals surface area contributed by atoms with E-state index in [4.69, 9.17) is 0 Å². The molecule has 0 spiro atoms. The summed E-state index contributed by atoms with van der Waals surface area (Å²) in [5.74, 6) is 0.438. The highest BCUT2D eigenvalue weighted by Crippen LogP contribution is 2.30. The van der Waals surface area contributed by atoms with Crippen LogP contribution in [0, 0.1) is 6.92 Å². The molecule has 2 N–H and O–H groups in total. The molecule has 0 aromatic heterocycles. The van der Waals surface area contributed by atoms with Gasteiger partial charge in [-0.2, -0.15) is 0 Å². The van der Waals surface area contributed by atoms with Gasteiger partial charge in [0.15, 0.2) is 0 Å². The van der Waals surface area contributed by atoms with Gasteiger partial charge >= 0.3 is 0 Å². The van der Waals surface area contributed by atoms with E-state index in [1.54, 1.807) is 6.07 Å². The average molecular weight is 253 g/mol. The first-order chi connectivity index (χ1) is 9.22. The Bertz CT molecular complexity index is 574. The van der Waals surface area contributed by atoms with Crippen molar-refractivity contribution >= 4 is 5.69 Å². The van der Waals surface area contributed by atoms with Gasteiger partial charge in [-0.05, 0) is 55.5 Å². The lowest BCUT2D eigenvalue weighted by Gasteiger charge is -2.27. The highest BCUT2D eigenvalue weighted by Gasteiger charge is 2.20. The molecule has 1 aliphatic carbocycles. The van der Waals surface area contributed by atoms with Crippen molar-refractivity contribution in [1.29, 1.82) is 0 Å². The van der Waals surface area contributed by atoms with E-state index in [-0.39, 0.29) is 0 Å². The Morgan fingerprint density at radius 3 is 2.68 bits per heavy atom. The van der Waals surface area contributed by atoms with Crippen LogP contribution in [0.1, 0.15) is 23.1 Å². The fourth-order valence-corrected chi connectivity index (χ4v) is 2.78. The van der Waals surface area contributed by atoms with Crippen LogP contribution in [-0.4, -0.2) is 11.1 Å². The van der Waals surface area contributed by atoms with Gasteiger partial charge in [-0.1, -0.05) is 29.8 Å². The molecule has 1 unspecified atom stereocenters. The first kappa shape index (κ1) is 12.1. The molecule has 19 heavy (non-hydrogen) atoms. The van der Waals surface area contributed by atoms with Crippen LogP contribution in [0.2, 0.25) is 0 Å². The molecule has 98 valence electrons. The smallest absolute Gasteiger partial charge is 0.119 e. The Morgan fingerprint density at radius 1 is 1.11 bits per heavy atom. The van der Waals surface area contributed by atoms with Crippen LogP contribution in [0.3, 0.4) is 0 Å². The van der Waals surface area contributed by atoms with Gasteiger partial charge < -0.3 is 10.4 Å². The summed E-state index contributed by atoms with van der Waals surface area (Å²) in [4.78, 5) is 0. The molecular formula is C17H19NO. The lowest BCUT2D eigenvalue weighted by molar-refractivity contribution is 0.458. The van der Waals surface area contributed by atoms with Crippen molar-refractivity contribution in [2.75, 3.05) is 5.32 Å². The van der Waals surface area contributed by atoms with E-state index in [0.717, 1.165) is 30.5 Å². The van der Waals surface area contributed by atoms with E-state index in [9.17, 15) is 5.11 Å². The second kappa shape index (κ2) is 4.96. The molecule has 2 aromatic rings. The van der Waals surface area contributed by atoms with Crippen LogP contribution in [0.25, 0.3) is 0 Å². The van der Waals surface area contributed by atoms with E-state index < -0.39 is 0 Å². The largest absolute Gasteiger partial charge is 0.508 e. The topological polar surface area (TPSA) is 32.3 Å². The van der Waals surface area contributed by atoms with Gasteiger partial charge in [0, 0.05) is 11.7 Å². The zero-order chi connectivity index (χ0) is 13.2. The van der Waals surface area contributed by atoms with E-state index in [1.165, 1.54) is 11.1 Å². The maximum atomic E-state index is 9.95. The molecule has 1 aliphatic rings. The number of fused-ring (bicyclic) bond motifs is 1. The average Bonchev–Trinajstić information content (AvgIpc) is 2.42. The quantitative estimate of drug-likeness (QED) is 0.856. The summed E-state index contributed by atoms with van der Waals surface area (Å²) in [7, 11) is 0. The Morgan fingerprint density at radius 2 is 1.89 bits per heavy atom. The number of phenolic OH excluding ortho intramolecular Hbond substituents is 1. The Labute approximate surface area is 114 Å². The summed E-state index contributed by atoms with van der Waals surface area (Å²) in [6.45, 7) is 2.10. The lowest BCUT2D eigenvalue weighted by Crippen LogP contribution is -2.27. The fraction of sp³-hybridized carbons (Fsp3) is 0.294. The molecule has 3 rings (SSSR count). The predicted octanol–water partition coefficient (Wildman–Crippen LogP) is 3.67. The summed E-state index contributed by atoms with van der Waals surface area (Å²) < 4.78 is 0. The van der Waals surface area contributed by atoms with Crippen LogP contribution >= 0.6 is 0 Å². The van der Waals surface area contributed by atoms with Crippen LogP contribution in [0.4, 0.5) is 5.69 Å². The minimum absolute atomic E-state index is 0.406. The van der Waals surface area contributed by atoms with Crippen LogP contribution in [0.15, 0.2) is 42.5 Å². The molecule has 0 bridgehead atoms. The van der Waals surface area contributed by atoms with E-state index in [0.29, 0.717) is 11.8 Å². The number of hydrogen-bond acceptors (Lipinski definition) is 2. The third-order valence-electron chi connectivity index (χ3n) is 3.88. The first-order valence-electron chi connectivity index (χ1n) is 6.85. The van der Waals surface area contributed by atoms with Gasteiger partial charge in [-0.25, -0.2) is 0 Å². The molecule has 2 nitrogen and oxygen atoms in total. The Kier molecular flexibility index (Phi) is 3.16. The number of aromatic hydroxyl groups is 1. The summed E-state index contributed by atoms with van der Waals surface area (Å²) in [5, 5.41) is 13.5. The zero-order valence-corrected chi connectivity index (χ0v) is 11.2. The second-order valence-corrected chi connectivity index (χ2v) is 5.36. The minimum atomic E-state index is 0.406. The predicted molar refractivity (Wildman–Crippen MR) is 78.7 cm³/mol. The van der Waals surface area contributed by atoms with E-state index in [1.807, 2.05) is 6.07 Å². The minimum Gasteiger partial charge on any atom is -0.508 e. The van der Waals surface area contributed by atoms with Gasteiger partial charge in [0.25, 0.3) is 0 Å². The summed E-state index contributed by atoms with van der Waals surface area (Å²) in [6, 6.07) is 14.7. The number of aryl methyl sites for hydroxylation is 2. The highest BCUT2D eigenvalue weighted by molar-refractivity contribution is 5.48.